The fraction of sp³-hybridized carbons (Fsp3) is 0.0556. The Bertz CT molecular complexity index is 1010. The third kappa shape index (κ3) is 2.77. The van der Waals surface area contributed by atoms with Gasteiger partial charge in [0.15, 0.2) is 0 Å². The molecule has 0 radical (unpaired) electrons. The van der Waals surface area contributed by atoms with Gasteiger partial charge in [0.2, 0.25) is 5.22 Å². The second-order valence-electron chi connectivity index (χ2n) is 5.16. The van der Waals surface area contributed by atoms with Gasteiger partial charge in [-0.15, -0.1) is 10.2 Å². The van der Waals surface area contributed by atoms with Crippen molar-refractivity contribution in [2.24, 2.45) is 0 Å². The lowest BCUT2D eigenvalue weighted by Crippen LogP contribution is -1.87. The molecule has 25 heavy (non-hydrogen) atoms. The highest BCUT2D eigenvalue weighted by atomic mass is 35.5. The van der Waals surface area contributed by atoms with Crippen molar-refractivity contribution < 1.29 is 13.7 Å². The first-order chi connectivity index (χ1) is 12.3. The second kappa shape index (κ2) is 6.41. The summed E-state index contributed by atoms with van der Waals surface area (Å²) in [6, 6.07) is 16.9. The van der Waals surface area contributed by atoms with Crippen molar-refractivity contribution in [3.8, 4) is 39.9 Å². The molecule has 0 fully saturated rings. The predicted octanol–water partition coefficient (Wildman–Crippen LogP) is 4.72. The summed E-state index contributed by atoms with van der Waals surface area (Å²) < 4.78 is 16.3. The van der Waals surface area contributed by atoms with E-state index in [9.17, 15) is 0 Å². The standard InChI is InChI=1S/C18H12ClN3O3/c1-23-13-10-6-5-9-12(13)17-20-21-18(24-17)14-15(22-25-16(14)19)11-7-3-2-4-8-11/h2-10H,1H3. The number of ether oxygens (including phenoxy) is 1. The molecule has 0 saturated heterocycles. The number of rotatable bonds is 4. The average Bonchev–Trinajstić information content (AvgIpc) is 3.29. The Labute approximate surface area is 148 Å². The fourth-order valence-corrected chi connectivity index (χ4v) is 2.71. The molecule has 0 bridgehead atoms. The first-order valence-electron chi connectivity index (χ1n) is 7.46. The summed E-state index contributed by atoms with van der Waals surface area (Å²) in [5.74, 6) is 1.19. The summed E-state index contributed by atoms with van der Waals surface area (Å²) in [7, 11) is 1.58. The van der Waals surface area contributed by atoms with Crippen LogP contribution in [0, 0.1) is 0 Å². The fourth-order valence-electron chi connectivity index (χ4n) is 2.50. The van der Waals surface area contributed by atoms with Crippen LogP contribution in [-0.2, 0) is 0 Å². The molecular weight excluding hydrogens is 342 g/mol. The van der Waals surface area contributed by atoms with E-state index >= 15 is 0 Å². The molecule has 7 heteroatoms. The minimum absolute atomic E-state index is 0.0917. The maximum Gasteiger partial charge on any atom is 0.255 e. The largest absolute Gasteiger partial charge is 0.496 e. The highest BCUT2D eigenvalue weighted by molar-refractivity contribution is 6.32. The van der Waals surface area contributed by atoms with Gasteiger partial charge in [0, 0.05) is 5.56 Å². The lowest BCUT2D eigenvalue weighted by molar-refractivity contribution is 0.414. The molecule has 0 saturated carbocycles. The third-order valence-electron chi connectivity index (χ3n) is 3.67. The van der Waals surface area contributed by atoms with Crippen molar-refractivity contribution in [1.82, 2.24) is 15.4 Å². The van der Waals surface area contributed by atoms with Crippen molar-refractivity contribution in [3.63, 3.8) is 0 Å². The SMILES string of the molecule is COc1ccccc1-c1nnc(-c2c(-c3ccccc3)noc2Cl)o1. The topological polar surface area (TPSA) is 74.2 Å². The van der Waals surface area contributed by atoms with Crippen LogP contribution >= 0.6 is 11.6 Å². The number of aromatic nitrogens is 3. The monoisotopic (exact) mass is 353 g/mol. The second-order valence-corrected chi connectivity index (χ2v) is 5.50. The Hall–Kier alpha value is -3.12. The molecule has 0 aliphatic rings. The summed E-state index contributed by atoms with van der Waals surface area (Å²) in [6.45, 7) is 0. The molecule has 2 aromatic heterocycles. The van der Waals surface area contributed by atoms with Crippen LogP contribution in [0.4, 0.5) is 0 Å². The minimum Gasteiger partial charge on any atom is -0.496 e. The van der Waals surface area contributed by atoms with Gasteiger partial charge in [0.1, 0.15) is 17.0 Å². The maximum atomic E-state index is 6.16. The van der Waals surface area contributed by atoms with Crippen LogP contribution in [0.15, 0.2) is 63.5 Å². The highest BCUT2D eigenvalue weighted by Crippen LogP contribution is 2.38. The first kappa shape index (κ1) is 15.4. The zero-order chi connectivity index (χ0) is 17.2. The zero-order valence-corrected chi connectivity index (χ0v) is 13.9. The van der Waals surface area contributed by atoms with E-state index in [0.717, 1.165) is 5.56 Å². The highest BCUT2D eigenvalue weighted by Gasteiger charge is 2.24. The van der Waals surface area contributed by atoms with Crippen LogP contribution in [0.5, 0.6) is 5.75 Å². The lowest BCUT2D eigenvalue weighted by Gasteiger charge is -2.03. The van der Waals surface area contributed by atoms with Gasteiger partial charge in [-0.25, -0.2) is 0 Å². The number of benzene rings is 2. The molecule has 0 atom stereocenters. The first-order valence-corrected chi connectivity index (χ1v) is 7.83. The maximum absolute atomic E-state index is 6.16. The molecule has 0 N–H and O–H groups in total. The van der Waals surface area contributed by atoms with Gasteiger partial charge in [0.25, 0.3) is 11.8 Å². The summed E-state index contributed by atoms with van der Waals surface area (Å²) in [5, 5.41) is 12.3. The van der Waals surface area contributed by atoms with Crippen LogP contribution in [0.2, 0.25) is 5.22 Å². The van der Waals surface area contributed by atoms with Crippen molar-refractivity contribution >= 4 is 11.6 Å². The van der Waals surface area contributed by atoms with E-state index in [1.807, 2.05) is 54.6 Å². The number of hydrogen-bond donors (Lipinski definition) is 0. The van der Waals surface area contributed by atoms with Gasteiger partial charge in [0.05, 0.1) is 12.7 Å². The van der Waals surface area contributed by atoms with Gasteiger partial charge in [-0.05, 0) is 23.7 Å². The molecule has 0 aliphatic carbocycles. The smallest absolute Gasteiger partial charge is 0.255 e. The van der Waals surface area contributed by atoms with E-state index in [0.29, 0.717) is 28.5 Å². The van der Waals surface area contributed by atoms with E-state index in [1.54, 1.807) is 7.11 Å². The molecule has 4 aromatic rings. The normalized spacial score (nSPS) is 10.8. The van der Waals surface area contributed by atoms with Crippen LogP contribution in [0.1, 0.15) is 0 Å². The number of para-hydroxylation sites is 1. The molecule has 0 spiro atoms. The molecule has 2 aromatic carbocycles. The van der Waals surface area contributed by atoms with Gasteiger partial charge in [-0.2, -0.15) is 0 Å². The van der Waals surface area contributed by atoms with Crippen LogP contribution < -0.4 is 4.74 Å². The van der Waals surface area contributed by atoms with E-state index in [2.05, 4.69) is 15.4 Å². The van der Waals surface area contributed by atoms with Gasteiger partial charge in [-0.3, -0.25) is 0 Å². The number of nitrogens with zero attached hydrogens (tertiary/aromatic N) is 3. The van der Waals surface area contributed by atoms with Gasteiger partial charge < -0.3 is 13.7 Å². The van der Waals surface area contributed by atoms with E-state index in [4.69, 9.17) is 25.3 Å². The predicted molar refractivity (Wildman–Crippen MR) is 92.2 cm³/mol. The molecule has 4 rings (SSSR count). The molecule has 2 heterocycles. The zero-order valence-electron chi connectivity index (χ0n) is 13.1. The number of halogens is 1. The molecule has 124 valence electrons. The molecular formula is C18H12ClN3O3. The van der Waals surface area contributed by atoms with Crippen molar-refractivity contribution in [2.75, 3.05) is 7.11 Å². The third-order valence-corrected chi connectivity index (χ3v) is 3.93. The Kier molecular flexibility index (Phi) is 3.95. The van der Waals surface area contributed by atoms with Crippen molar-refractivity contribution in [1.29, 1.82) is 0 Å². The summed E-state index contributed by atoms with van der Waals surface area (Å²) in [6.07, 6.45) is 0. The Morgan fingerprint density at radius 2 is 1.64 bits per heavy atom. The van der Waals surface area contributed by atoms with Gasteiger partial charge >= 0.3 is 0 Å². The van der Waals surface area contributed by atoms with Gasteiger partial charge in [-0.1, -0.05) is 47.6 Å². The molecule has 6 nitrogen and oxygen atoms in total. The lowest BCUT2D eigenvalue weighted by atomic mass is 10.1. The summed E-state index contributed by atoms with van der Waals surface area (Å²) >= 11 is 6.16. The minimum atomic E-state index is 0.0917. The van der Waals surface area contributed by atoms with Crippen molar-refractivity contribution in [3.05, 3.63) is 59.8 Å². The van der Waals surface area contributed by atoms with E-state index in [1.165, 1.54) is 0 Å². The molecule has 0 amide bonds. The number of hydrogen-bond acceptors (Lipinski definition) is 6. The van der Waals surface area contributed by atoms with E-state index in [-0.39, 0.29) is 11.1 Å². The quantitative estimate of drug-likeness (QED) is 0.528. The van der Waals surface area contributed by atoms with E-state index < -0.39 is 0 Å². The van der Waals surface area contributed by atoms with Crippen LogP contribution in [0.3, 0.4) is 0 Å². The average molecular weight is 354 g/mol. The van der Waals surface area contributed by atoms with Crippen LogP contribution in [-0.4, -0.2) is 22.5 Å². The Morgan fingerprint density at radius 3 is 2.44 bits per heavy atom. The number of methoxy groups -OCH3 is 1. The molecule has 0 unspecified atom stereocenters. The Morgan fingerprint density at radius 1 is 0.920 bits per heavy atom. The Balaban J connectivity index is 1.81. The molecule has 0 aliphatic heterocycles. The summed E-state index contributed by atoms with van der Waals surface area (Å²) in [5.41, 5.74) is 2.53. The van der Waals surface area contributed by atoms with Crippen LogP contribution in [0.25, 0.3) is 34.2 Å². The van der Waals surface area contributed by atoms with Crippen molar-refractivity contribution in [2.45, 2.75) is 0 Å². The summed E-state index contributed by atoms with van der Waals surface area (Å²) in [4.78, 5) is 0.